The summed E-state index contributed by atoms with van der Waals surface area (Å²) in [6, 6.07) is 11.3. The third kappa shape index (κ3) is 5.63. The van der Waals surface area contributed by atoms with Gasteiger partial charge in [0.25, 0.3) is 5.91 Å². The molecule has 0 saturated carbocycles. The fourth-order valence-corrected chi connectivity index (χ4v) is 3.98. The molecule has 1 unspecified atom stereocenters. The zero-order chi connectivity index (χ0) is 24.0. The summed E-state index contributed by atoms with van der Waals surface area (Å²) in [7, 11) is 0. The van der Waals surface area contributed by atoms with E-state index in [-0.39, 0.29) is 11.7 Å². The van der Waals surface area contributed by atoms with E-state index in [1.165, 1.54) is 12.1 Å². The molecule has 1 fully saturated rings. The molecular formula is C26H26FN5O3. The molecule has 5 rings (SSSR count). The van der Waals surface area contributed by atoms with Crippen molar-refractivity contribution in [1.29, 1.82) is 0 Å². The molecule has 1 aliphatic heterocycles. The molecule has 2 N–H and O–H groups in total. The normalized spacial score (nSPS) is 15.4. The number of nitrogens with zero attached hydrogens (tertiary/aromatic N) is 3. The Morgan fingerprint density at radius 2 is 2.06 bits per heavy atom. The smallest absolute Gasteiger partial charge is 0.251 e. The van der Waals surface area contributed by atoms with E-state index in [1.807, 2.05) is 0 Å². The third-order valence-electron chi connectivity index (χ3n) is 5.92. The SMILES string of the molecule is O=C(NCCCc1ncc[nH]1)c1ccc2nc(OCC3CCOC3)c(-c3ccc(F)cc3)nc2c1. The number of ether oxygens (including phenoxy) is 2. The van der Waals surface area contributed by atoms with E-state index in [2.05, 4.69) is 20.3 Å². The van der Waals surface area contributed by atoms with Gasteiger partial charge in [-0.3, -0.25) is 4.79 Å². The summed E-state index contributed by atoms with van der Waals surface area (Å²) < 4.78 is 25.0. The molecule has 35 heavy (non-hydrogen) atoms. The van der Waals surface area contributed by atoms with Crippen molar-refractivity contribution in [1.82, 2.24) is 25.3 Å². The van der Waals surface area contributed by atoms with Gasteiger partial charge >= 0.3 is 0 Å². The zero-order valence-electron chi connectivity index (χ0n) is 19.2. The first-order valence-electron chi connectivity index (χ1n) is 11.7. The third-order valence-corrected chi connectivity index (χ3v) is 5.92. The topological polar surface area (TPSA) is 102 Å². The van der Waals surface area contributed by atoms with Gasteiger partial charge in [-0.15, -0.1) is 0 Å². The van der Waals surface area contributed by atoms with Crippen LogP contribution in [0.4, 0.5) is 4.39 Å². The minimum Gasteiger partial charge on any atom is -0.476 e. The molecule has 0 radical (unpaired) electrons. The van der Waals surface area contributed by atoms with Gasteiger partial charge in [0, 0.05) is 49.0 Å². The van der Waals surface area contributed by atoms with E-state index >= 15 is 0 Å². The van der Waals surface area contributed by atoms with E-state index in [1.54, 1.807) is 42.7 Å². The van der Waals surface area contributed by atoms with Crippen LogP contribution in [0.1, 0.15) is 29.0 Å². The van der Waals surface area contributed by atoms with Crippen LogP contribution >= 0.6 is 0 Å². The highest BCUT2D eigenvalue weighted by Gasteiger charge is 2.19. The van der Waals surface area contributed by atoms with Crippen molar-refractivity contribution < 1.29 is 18.7 Å². The second kappa shape index (κ2) is 10.6. The minimum absolute atomic E-state index is 0.182. The number of H-pyrrole nitrogens is 1. The Labute approximate surface area is 201 Å². The molecule has 1 aliphatic rings. The first kappa shape index (κ1) is 22.9. The summed E-state index contributed by atoms with van der Waals surface area (Å²) in [5.41, 5.74) is 2.86. The molecule has 1 amide bonds. The van der Waals surface area contributed by atoms with Crippen molar-refractivity contribution >= 4 is 16.9 Å². The van der Waals surface area contributed by atoms with Crippen LogP contribution in [0.2, 0.25) is 0 Å². The zero-order valence-corrected chi connectivity index (χ0v) is 19.2. The number of aryl methyl sites for hydroxylation is 1. The van der Waals surface area contributed by atoms with Gasteiger partial charge in [-0.25, -0.2) is 19.3 Å². The molecule has 0 spiro atoms. The standard InChI is InChI=1S/C26H26FN5O3/c27-20-6-3-18(4-7-20)24-26(35-16-17-9-13-34-15-17)32-21-8-5-19(14-22(21)31-24)25(33)30-10-1-2-23-28-11-12-29-23/h3-8,11-12,14,17H,1-2,9-10,13,15-16H2,(H,28,29)(H,30,33). The Morgan fingerprint density at radius 1 is 1.17 bits per heavy atom. The maximum Gasteiger partial charge on any atom is 0.251 e. The molecule has 8 nitrogen and oxygen atoms in total. The lowest BCUT2D eigenvalue weighted by molar-refractivity contribution is 0.0953. The summed E-state index contributed by atoms with van der Waals surface area (Å²) in [4.78, 5) is 29.4. The number of hydrogen-bond donors (Lipinski definition) is 2. The van der Waals surface area contributed by atoms with Crippen molar-refractivity contribution in [2.45, 2.75) is 19.3 Å². The van der Waals surface area contributed by atoms with Gasteiger partial charge in [0.1, 0.15) is 17.3 Å². The van der Waals surface area contributed by atoms with Crippen LogP contribution < -0.4 is 10.1 Å². The number of carbonyl (C=O) groups is 1. The number of fused-ring (bicyclic) bond motifs is 1. The molecule has 180 valence electrons. The molecule has 1 saturated heterocycles. The fraction of sp³-hybridized carbons (Fsp3) is 0.308. The first-order chi connectivity index (χ1) is 17.2. The number of halogens is 1. The maximum atomic E-state index is 13.5. The van der Waals surface area contributed by atoms with Crippen LogP contribution in [0.5, 0.6) is 5.88 Å². The van der Waals surface area contributed by atoms with Crippen LogP contribution in [0.3, 0.4) is 0 Å². The number of hydrogen-bond acceptors (Lipinski definition) is 6. The highest BCUT2D eigenvalue weighted by molar-refractivity contribution is 5.97. The lowest BCUT2D eigenvalue weighted by atomic mass is 10.1. The predicted octanol–water partition coefficient (Wildman–Crippen LogP) is 3.94. The highest BCUT2D eigenvalue weighted by atomic mass is 19.1. The molecule has 0 aliphatic carbocycles. The second-order valence-corrected chi connectivity index (χ2v) is 8.52. The van der Waals surface area contributed by atoms with E-state index in [4.69, 9.17) is 14.5 Å². The number of rotatable bonds is 9. The van der Waals surface area contributed by atoms with Gasteiger partial charge in [-0.05, 0) is 55.3 Å². The average molecular weight is 476 g/mol. The summed E-state index contributed by atoms with van der Waals surface area (Å²) in [6.07, 6.45) is 5.96. The molecule has 2 aromatic heterocycles. The van der Waals surface area contributed by atoms with E-state index in [0.29, 0.717) is 59.4 Å². The summed E-state index contributed by atoms with van der Waals surface area (Å²) in [5, 5.41) is 2.93. The quantitative estimate of drug-likeness (QED) is 0.356. The molecular weight excluding hydrogens is 449 g/mol. The number of nitrogens with one attached hydrogen (secondary N) is 2. The predicted molar refractivity (Wildman–Crippen MR) is 129 cm³/mol. The van der Waals surface area contributed by atoms with Crippen LogP contribution in [0.25, 0.3) is 22.3 Å². The molecule has 1 atom stereocenters. The first-order valence-corrected chi connectivity index (χ1v) is 11.7. The van der Waals surface area contributed by atoms with Gasteiger partial charge in [0.2, 0.25) is 5.88 Å². The maximum absolute atomic E-state index is 13.5. The molecule has 4 aromatic rings. The Kier molecular flexibility index (Phi) is 6.94. The molecule has 0 bridgehead atoms. The van der Waals surface area contributed by atoms with Crippen molar-refractivity contribution in [3.05, 3.63) is 72.1 Å². The van der Waals surface area contributed by atoms with Crippen molar-refractivity contribution in [2.75, 3.05) is 26.4 Å². The number of benzene rings is 2. The molecule has 2 aromatic carbocycles. The van der Waals surface area contributed by atoms with Crippen LogP contribution in [0, 0.1) is 11.7 Å². The lowest BCUT2D eigenvalue weighted by Crippen LogP contribution is -2.24. The van der Waals surface area contributed by atoms with Gasteiger partial charge < -0.3 is 19.8 Å². The van der Waals surface area contributed by atoms with Crippen LogP contribution in [-0.4, -0.2) is 52.2 Å². The van der Waals surface area contributed by atoms with E-state index in [9.17, 15) is 9.18 Å². The number of aromatic amines is 1. The molecule has 9 heteroatoms. The number of amides is 1. The summed E-state index contributed by atoms with van der Waals surface area (Å²) in [6.45, 7) is 2.39. The van der Waals surface area contributed by atoms with Crippen molar-refractivity contribution in [3.63, 3.8) is 0 Å². The Morgan fingerprint density at radius 3 is 2.83 bits per heavy atom. The lowest BCUT2D eigenvalue weighted by Gasteiger charge is -2.14. The number of aromatic nitrogens is 4. The molecule has 3 heterocycles. The average Bonchev–Trinajstić information content (AvgIpc) is 3.59. The van der Waals surface area contributed by atoms with Crippen LogP contribution in [-0.2, 0) is 11.2 Å². The summed E-state index contributed by atoms with van der Waals surface area (Å²) >= 11 is 0. The Bertz CT molecular complexity index is 1290. The fourth-order valence-electron chi connectivity index (χ4n) is 3.98. The van der Waals surface area contributed by atoms with E-state index < -0.39 is 0 Å². The number of imidazole rings is 1. The largest absolute Gasteiger partial charge is 0.476 e. The van der Waals surface area contributed by atoms with Gasteiger partial charge in [0.15, 0.2) is 0 Å². The Hall–Kier alpha value is -3.85. The van der Waals surface area contributed by atoms with Crippen molar-refractivity contribution in [3.8, 4) is 17.1 Å². The van der Waals surface area contributed by atoms with Gasteiger partial charge in [-0.1, -0.05) is 0 Å². The van der Waals surface area contributed by atoms with Crippen molar-refractivity contribution in [2.24, 2.45) is 5.92 Å². The van der Waals surface area contributed by atoms with Gasteiger partial charge in [-0.2, -0.15) is 0 Å². The van der Waals surface area contributed by atoms with E-state index in [0.717, 1.165) is 31.7 Å². The minimum atomic E-state index is -0.334. The van der Waals surface area contributed by atoms with Crippen LogP contribution in [0.15, 0.2) is 54.9 Å². The summed E-state index contributed by atoms with van der Waals surface area (Å²) in [5.74, 6) is 1.06. The highest BCUT2D eigenvalue weighted by Crippen LogP contribution is 2.30. The van der Waals surface area contributed by atoms with Gasteiger partial charge in [0.05, 0.1) is 24.2 Å². The Balaban J connectivity index is 1.35. The number of carbonyl (C=O) groups excluding carboxylic acids is 1. The monoisotopic (exact) mass is 475 g/mol. The second-order valence-electron chi connectivity index (χ2n) is 8.52.